The van der Waals surface area contributed by atoms with Crippen LogP contribution in [0, 0.1) is 0 Å². The first-order valence-electron chi connectivity index (χ1n) is 9.17. The molecule has 0 radical (unpaired) electrons. The number of ether oxygens (including phenoxy) is 1. The van der Waals surface area contributed by atoms with Gasteiger partial charge in [-0.25, -0.2) is 0 Å². The van der Waals surface area contributed by atoms with Crippen molar-refractivity contribution in [3.63, 3.8) is 0 Å². The third kappa shape index (κ3) is 2.85. The Kier molecular flexibility index (Phi) is 4.41. The van der Waals surface area contributed by atoms with E-state index in [-0.39, 0.29) is 5.91 Å². The van der Waals surface area contributed by atoms with Gasteiger partial charge in [-0.15, -0.1) is 0 Å². The molecule has 26 heavy (non-hydrogen) atoms. The highest BCUT2D eigenvalue weighted by Gasteiger charge is 2.26. The Morgan fingerprint density at radius 1 is 1.08 bits per heavy atom. The number of carbonyl (C=O) groups is 1. The molecule has 0 unspecified atom stereocenters. The molecule has 1 amide bonds. The van der Waals surface area contributed by atoms with Crippen LogP contribution in [0.25, 0.3) is 10.9 Å². The summed E-state index contributed by atoms with van der Waals surface area (Å²) in [5.74, 6) is 0.950. The summed E-state index contributed by atoms with van der Waals surface area (Å²) in [6.45, 7) is 1.51. The van der Waals surface area contributed by atoms with Gasteiger partial charge in [0.2, 0.25) is 0 Å². The van der Waals surface area contributed by atoms with Crippen LogP contribution in [0.5, 0.6) is 5.75 Å². The minimum absolute atomic E-state index is 0.116. The van der Waals surface area contributed by atoms with Gasteiger partial charge in [-0.05, 0) is 48.6 Å². The Morgan fingerprint density at radius 2 is 1.88 bits per heavy atom. The highest BCUT2D eigenvalue weighted by atomic mass is 16.5. The zero-order valence-electron chi connectivity index (χ0n) is 15.4. The van der Waals surface area contributed by atoms with Crippen LogP contribution in [0.4, 0.5) is 0 Å². The van der Waals surface area contributed by atoms with Gasteiger partial charge in [0.25, 0.3) is 5.91 Å². The highest BCUT2D eigenvalue weighted by molar-refractivity contribution is 6.02. The lowest BCUT2D eigenvalue weighted by Crippen LogP contribution is -2.32. The molecule has 0 atom stereocenters. The quantitative estimate of drug-likeness (QED) is 0.714. The number of carbonyl (C=O) groups excluding carboxylic acids is 1. The van der Waals surface area contributed by atoms with Crippen molar-refractivity contribution in [1.29, 1.82) is 0 Å². The van der Waals surface area contributed by atoms with Crippen LogP contribution in [0.2, 0.25) is 0 Å². The molecule has 4 heteroatoms. The first-order valence-corrected chi connectivity index (χ1v) is 9.17. The molecule has 4 nitrogen and oxygen atoms in total. The number of aromatic nitrogens is 1. The van der Waals surface area contributed by atoms with Gasteiger partial charge in [-0.2, -0.15) is 0 Å². The molecule has 0 aliphatic carbocycles. The summed E-state index contributed by atoms with van der Waals surface area (Å²) in [5, 5.41) is 1.14. The lowest BCUT2D eigenvalue weighted by Gasteiger charge is -2.22. The molecule has 0 bridgehead atoms. The molecular weight excluding hydrogens is 324 g/mol. The predicted octanol–water partition coefficient (Wildman–Crippen LogP) is 4.11. The van der Waals surface area contributed by atoms with Gasteiger partial charge in [0, 0.05) is 31.0 Å². The van der Waals surface area contributed by atoms with E-state index in [1.54, 1.807) is 7.11 Å². The maximum atomic E-state index is 13.2. The number of hydrogen-bond acceptors (Lipinski definition) is 2. The highest BCUT2D eigenvalue weighted by Crippen LogP contribution is 2.33. The fraction of sp³-hybridized carbons (Fsp3) is 0.318. The van der Waals surface area contributed by atoms with E-state index in [1.807, 2.05) is 36.2 Å². The maximum absolute atomic E-state index is 13.2. The Balaban J connectivity index is 1.96. The molecular formula is C22H24N2O2. The van der Waals surface area contributed by atoms with E-state index in [9.17, 15) is 4.79 Å². The van der Waals surface area contributed by atoms with Crippen LogP contribution in [-0.4, -0.2) is 36.1 Å². The van der Waals surface area contributed by atoms with Crippen molar-refractivity contribution in [3.8, 4) is 5.75 Å². The van der Waals surface area contributed by atoms with Crippen LogP contribution in [-0.2, 0) is 13.0 Å². The van der Waals surface area contributed by atoms with Gasteiger partial charge in [0.1, 0.15) is 11.4 Å². The molecule has 2 heterocycles. The van der Waals surface area contributed by atoms with Crippen molar-refractivity contribution in [3.05, 3.63) is 65.4 Å². The molecule has 2 aromatic carbocycles. The lowest BCUT2D eigenvalue weighted by molar-refractivity contribution is 0.0777. The summed E-state index contributed by atoms with van der Waals surface area (Å²) in [4.78, 5) is 15.1. The zero-order chi connectivity index (χ0) is 18.1. The Bertz CT molecular complexity index is 944. The largest absolute Gasteiger partial charge is 0.497 e. The van der Waals surface area contributed by atoms with E-state index in [0.717, 1.165) is 53.7 Å². The zero-order valence-corrected chi connectivity index (χ0v) is 15.4. The summed E-state index contributed by atoms with van der Waals surface area (Å²) in [7, 11) is 3.59. The Morgan fingerprint density at radius 3 is 2.65 bits per heavy atom. The number of hydrogen-bond donors (Lipinski definition) is 0. The monoisotopic (exact) mass is 348 g/mol. The van der Waals surface area contributed by atoms with Crippen molar-refractivity contribution >= 4 is 16.8 Å². The number of nitrogens with zero attached hydrogens (tertiary/aromatic N) is 2. The second-order valence-electron chi connectivity index (χ2n) is 6.97. The van der Waals surface area contributed by atoms with Gasteiger partial charge in [0.05, 0.1) is 7.11 Å². The summed E-state index contributed by atoms with van der Waals surface area (Å²) in [5.41, 5.74) is 4.29. The third-order valence-corrected chi connectivity index (χ3v) is 5.28. The summed E-state index contributed by atoms with van der Waals surface area (Å²) < 4.78 is 7.62. The molecule has 0 saturated carbocycles. The average molecular weight is 348 g/mol. The number of amides is 1. The number of benzene rings is 2. The summed E-state index contributed by atoms with van der Waals surface area (Å²) in [6.07, 6.45) is 3.06. The van der Waals surface area contributed by atoms with Crippen molar-refractivity contribution in [2.24, 2.45) is 0 Å². The molecule has 4 rings (SSSR count). The molecule has 0 N–H and O–H groups in total. The van der Waals surface area contributed by atoms with E-state index in [0.29, 0.717) is 6.54 Å². The van der Waals surface area contributed by atoms with Crippen LogP contribution in [0.3, 0.4) is 0 Å². The standard InChI is InChI=1S/C22H24N2O2/c1-23-13-7-6-10-18-19-14-17(26-2)11-12-20(19)24(21(18)22(23)25)15-16-8-4-3-5-9-16/h3-5,8-9,11-12,14H,6-7,10,13,15H2,1-2H3. The minimum atomic E-state index is 0.116. The Hall–Kier alpha value is -2.75. The first kappa shape index (κ1) is 16.7. The SMILES string of the molecule is COc1ccc2c(c1)c1c(n2Cc2ccccc2)C(=O)N(C)CCCC1. The summed E-state index contributed by atoms with van der Waals surface area (Å²) >= 11 is 0. The van der Waals surface area contributed by atoms with Crippen molar-refractivity contribution in [2.45, 2.75) is 25.8 Å². The normalized spacial score (nSPS) is 14.8. The molecule has 0 spiro atoms. The van der Waals surface area contributed by atoms with E-state index < -0.39 is 0 Å². The van der Waals surface area contributed by atoms with Gasteiger partial charge in [-0.1, -0.05) is 30.3 Å². The molecule has 1 aliphatic heterocycles. The number of aryl methyl sites for hydroxylation is 1. The van der Waals surface area contributed by atoms with E-state index in [4.69, 9.17) is 4.74 Å². The number of fused-ring (bicyclic) bond motifs is 3. The lowest BCUT2D eigenvalue weighted by atomic mass is 10.0. The molecule has 1 aliphatic rings. The van der Waals surface area contributed by atoms with E-state index in [2.05, 4.69) is 28.8 Å². The number of methoxy groups -OCH3 is 1. The smallest absolute Gasteiger partial charge is 0.270 e. The van der Waals surface area contributed by atoms with Crippen LogP contribution in [0.15, 0.2) is 48.5 Å². The van der Waals surface area contributed by atoms with Gasteiger partial charge in [-0.3, -0.25) is 4.79 Å². The topological polar surface area (TPSA) is 34.5 Å². The van der Waals surface area contributed by atoms with Crippen LogP contribution >= 0.6 is 0 Å². The fourth-order valence-corrected chi connectivity index (χ4v) is 3.89. The minimum Gasteiger partial charge on any atom is -0.497 e. The van der Waals surface area contributed by atoms with Gasteiger partial charge < -0.3 is 14.2 Å². The molecule has 134 valence electrons. The second-order valence-corrected chi connectivity index (χ2v) is 6.97. The number of rotatable bonds is 3. The van der Waals surface area contributed by atoms with Crippen molar-refractivity contribution in [2.75, 3.05) is 20.7 Å². The molecule has 1 aromatic heterocycles. The van der Waals surface area contributed by atoms with Gasteiger partial charge in [0.15, 0.2) is 0 Å². The second kappa shape index (κ2) is 6.87. The average Bonchev–Trinajstić information content (AvgIpc) is 2.96. The maximum Gasteiger partial charge on any atom is 0.270 e. The van der Waals surface area contributed by atoms with Crippen LogP contribution in [0.1, 0.15) is 34.5 Å². The first-order chi connectivity index (χ1) is 12.7. The Labute approximate surface area is 154 Å². The van der Waals surface area contributed by atoms with E-state index >= 15 is 0 Å². The fourth-order valence-electron chi connectivity index (χ4n) is 3.89. The molecule has 3 aromatic rings. The summed E-state index contributed by atoms with van der Waals surface area (Å²) in [6, 6.07) is 16.5. The third-order valence-electron chi connectivity index (χ3n) is 5.28. The van der Waals surface area contributed by atoms with Crippen molar-refractivity contribution in [1.82, 2.24) is 9.47 Å². The van der Waals surface area contributed by atoms with Crippen LogP contribution < -0.4 is 4.74 Å². The van der Waals surface area contributed by atoms with Gasteiger partial charge >= 0.3 is 0 Å². The molecule has 0 fully saturated rings. The van der Waals surface area contributed by atoms with Crippen molar-refractivity contribution < 1.29 is 9.53 Å². The predicted molar refractivity (Wildman–Crippen MR) is 104 cm³/mol. The van der Waals surface area contributed by atoms with E-state index in [1.165, 1.54) is 5.56 Å². The molecule has 0 saturated heterocycles.